The zero-order valence-corrected chi connectivity index (χ0v) is 18.3. The number of rotatable bonds is 4. The maximum atomic E-state index is 2.65. The van der Waals surface area contributed by atoms with E-state index in [2.05, 4.69) is 89.8 Å². The van der Waals surface area contributed by atoms with Gasteiger partial charge in [0, 0.05) is 17.2 Å². The molecule has 0 bridgehead atoms. The molecule has 152 valence electrons. The van der Waals surface area contributed by atoms with Gasteiger partial charge in [0.15, 0.2) is 0 Å². The Bertz CT molecular complexity index is 966. The number of hydrogen-bond donors (Lipinski definition) is 0. The number of benzene rings is 3. The molecule has 2 heteroatoms. The molecule has 30 heavy (non-hydrogen) atoms. The normalized spacial score (nSPS) is 18.6. The Kier molecular flexibility index (Phi) is 6.06. The summed E-state index contributed by atoms with van der Waals surface area (Å²) in [6.45, 7) is 3.58. The molecule has 1 fully saturated rings. The molecule has 3 aromatic rings. The minimum Gasteiger partial charge on any atom is -0.303 e. The van der Waals surface area contributed by atoms with E-state index in [4.69, 9.17) is 0 Å². The number of likely N-dealkylation sites (tertiary alicyclic amines) is 1. The van der Waals surface area contributed by atoms with Crippen LogP contribution < -0.4 is 0 Å². The fraction of sp³-hybridized carbons (Fsp3) is 0.286. The first kappa shape index (κ1) is 19.7. The lowest BCUT2D eigenvalue weighted by Crippen LogP contribution is -2.33. The molecule has 2 aliphatic heterocycles. The first-order chi connectivity index (χ1) is 14.9. The van der Waals surface area contributed by atoms with Gasteiger partial charge in [-0.2, -0.15) is 0 Å². The van der Waals surface area contributed by atoms with Crippen LogP contribution in [0.2, 0.25) is 0 Å². The Hall–Kier alpha value is -2.29. The van der Waals surface area contributed by atoms with E-state index in [0.29, 0.717) is 0 Å². The van der Waals surface area contributed by atoms with E-state index >= 15 is 0 Å². The second-order valence-corrected chi connectivity index (χ2v) is 9.39. The molecular weight excluding hydrogens is 382 g/mol. The van der Waals surface area contributed by atoms with Crippen molar-refractivity contribution in [1.82, 2.24) is 4.90 Å². The molecule has 0 saturated carbocycles. The second-order valence-electron chi connectivity index (χ2n) is 8.38. The van der Waals surface area contributed by atoms with Crippen molar-refractivity contribution in [2.45, 2.75) is 35.8 Å². The summed E-state index contributed by atoms with van der Waals surface area (Å²) in [6, 6.07) is 28.9. The van der Waals surface area contributed by atoms with Crippen molar-refractivity contribution in [2.24, 2.45) is 0 Å². The van der Waals surface area contributed by atoms with Crippen molar-refractivity contribution in [3.8, 4) is 0 Å². The van der Waals surface area contributed by atoms with Crippen LogP contribution in [0.5, 0.6) is 0 Å². The van der Waals surface area contributed by atoms with Gasteiger partial charge in [-0.3, -0.25) is 0 Å². The molecule has 0 unspecified atom stereocenters. The lowest BCUT2D eigenvalue weighted by Gasteiger charge is -2.32. The Morgan fingerprint density at radius 1 is 0.800 bits per heavy atom. The van der Waals surface area contributed by atoms with Crippen molar-refractivity contribution in [3.05, 3.63) is 107 Å². The van der Waals surface area contributed by atoms with Crippen LogP contribution in [0.25, 0.3) is 5.57 Å². The van der Waals surface area contributed by atoms with E-state index in [-0.39, 0.29) is 0 Å². The van der Waals surface area contributed by atoms with Gasteiger partial charge >= 0.3 is 0 Å². The predicted octanol–water partition coefficient (Wildman–Crippen LogP) is 6.99. The van der Waals surface area contributed by atoms with Crippen LogP contribution in [0.3, 0.4) is 0 Å². The second kappa shape index (κ2) is 9.24. The molecule has 1 nitrogen and oxygen atoms in total. The molecule has 0 N–H and O–H groups in total. The summed E-state index contributed by atoms with van der Waals surface area (Å²) in [5.74, 6) is 1.79. The van der Waals surface area contributed by atoms with E-state index in [1.165, 1.54) is 58.7 Å². The minimum atomic E-state index is 0.735. The topological polar surface area (TPSA) is 3.24 Å². The Morgan fingerprint density at radius 2 is 1.50 bits per heavy atom. The smallest absolute Gasteiger partial charge is 0.0238 e. The van der Waals surface area contributed by atoms with E-state index in [9.17, 15) is 0 Å². The summed E-state index contributed by atoms with van der Waals surface area (Å²) in [7, 11) is 0. The predicted molar refractivity (Wildman–Crippen MR) is 129 cm³/mol. The monoisotopic (exact) mass is 411 g/mol. The van der Waals surface area contributed by atoms with Crippen LogP contribution in [-0.2, 0) is 5.75 Å². The highest BCUT2D eigenvalue weighted by Crippen LogP contribution is 2.40. The molecule has 1 saturated heterocycles. The maximum Gasteiger partial charge on any atom is 0.0238 e. The fourth-order valence-corrected chi connectivity index (χ4v) is 5.92. The van der Waals surface area contributed by atoms with Crippen LogP contribution in [0.15, 0.2) is 89.8 Å². The van der Waals surface area contributed by atoms with Crippen molar-refractivity contribution in [3.63, 3.8) is 0 Å². The maximum absolute atomic E-state index is 2.65. The van der Waals surface area contributed by atoms with Gasteiger partial charge in [0.25, 0.3) is 0 Å². The van der Waals surface area contributed by atoms with Gasteiger partial charge in [-0.05, 0) is 72.2 Å². The zero-order valence-electron chi connectivity index (χ0n) is 17.5. The van der Waals surface area contributed by atoms with E-state index < -0.39 is 0 Å². The summed E-state index contributed by atoms with van der Waals surface area (Å²) in [5, 5.41) is 0. The van der Waals surface area contributed by atoms with E-state index in [1.54, 1.807) is 0 Å². The standard InChI is InChI=1S/C28H29NS/c1-2-9-22(10-3-1)23-16-19-29(20-17-23)18-8-14-26-25-12-5-4-11-24(25)21-30-28-15-7-6-13-27(26)28/h1-7,9-15,23H,8,16-21H2/b26-14+. The van der Waals surface area contributed by atoms with Gasteiger partial charge in [0.2, 0.25) is 0 Å². The van der Waals surface area contributed by atoms with Gasteiger partial charge in [-0.1, -0.05) is 78.9 Å². The quantitative estimate of drug-likeness (QED) is 0.455. The Balaban J connectivity index is 1.28. The summed E-state index contributed by atoms with van der Waals surface area (Å²) in [5.41, 5.74) is 7.20. The number of nitrogens with zero attached hydrogens (tertiary/aromatic N) is 1. The fourth-order valence-electron chi connectivity index (χ4n) is 4.85. The molecule has 3 aromatic carbocycles. The Labute approximate surface area is 184 Å². The molecule has 0 radical (unpaired) electrons. The average molecular weight is 412 g/mol. The summed E-state index contributed by atoms with van der Waals surface area (Å²) >= 11 is 1.96. The summed E-state index contributed by atoms with van der Waals surface area (Å²) in [6.07, 6.45) is 6.16. The van der Waals surface area contributed by atoms with Crippen LogP contribution in [-0.4, -0.2) is 24.5 Å². The lowest BCUT2D eigenvalue weighted by atomic mass is 9.89. The molecule has 0 amide bonds. The molecule has 2 heterocycles. The third-order valence-electron chi connectivity index (χ3n) is 6.52. The summed E-state index contributed by atoms with van der Waals surface area (Å²) in [4.78, 5) is 4.06. The van der Waals surface area contributed by atoms with Gasteiger partial charge < -0.3 is 4.90 Å². The van der Waals surface area contributed by atoms with E-state index in [0.717, 1.165) is 24.6 Å². The number of fused-ring (bicyclic) bond motifs is 2. The van der Waals surface area contributed by atoms with Crippen LogP contribution in [0.4, 0.5) is 0 Å². The average Bonchev–Trinajstić information content (AvgIpc) is 2.97. The van der Waals surface area contributed by atoms with Gasteiger partial charge in [-0.25, -0.2) is 0 Å². The van der Waals surface area contributed by atoms with Gasteiger partial charge in [0.1, 0.15) is 0 Å². The molecule has 5 rings (SSSR count). The molecule has 0 spiro atoms. The number of piperidine rings is 1. The molecule has 0 aliphatic carbocycles. The molecular formula is C28H29NS. The highest BCUT2D eigenvalue weighted by Gasteiger charge is 2.21. The van der Waals surface area contributed by atoms with Crippen LogP contribution in [0.1, 0.15) is 47.4 Å². The van der Waals surface area contributed by atoms with Crippen LogP contribution in [0, 0.1) is 0 Å². The molecule has 0 atom stereocenters. The third-order valence-corrected chi connectivity index (χ3v) is 7.64. The molecule has 0 aromatic heterocycles. The first-order valence-corrected chi connectivity index (χ1v) is 12.1. The van der Waals surface area contributed by atoms with Crippen molar-refractivity contribution < 1.29 is 0 Å². The summed E-state index contributed by atoms with van der Waals surface area (Å²) < 4.78 is 0. The number of hydrogen-bond acceptors (Lipinski definition) is 2. The largest absolute Gasteiger partial charge is 0.303 e. The first-order valence-electron chi connectivity index (χ1n) is 11.2. The SMILES string of the molecule is C(/CCN1CCC(c2ccccc2)CC1)=C1/c2ccccc2CSc2ccccc21. The molecule has 2 aliphatic rings. The van der Waals surface area contributed by atoms with Gasteiger partial charge in [-0.15, -0.1) is 11.8 Å². The Morgan fingerprint density at radius 3 is 2.33 bits per heavy atom. The highest BCUT2D eigenvalue weighted by molar-refractivity contribution is 7.98. The van der Waals surface area contributed by atoms with E-state index in [1.807, 2.05) is 11.8 Å². The minimum absolute atomic E-state index is 0.735. The zero-order chi connectivity index (χ0) is 20.2. The van der Waals surface area contributed by atoms with Crippen molar-refractivity contribution >= 4 is 17.3 Å². The number of thioether (sulfide) groups is 1. The van der Waals surface area contributed by atoms with Crippen molar-refractivity contribution in [1.29, 1.82) is 0 Å². The van der Waals surface area contributed by atoms with Crippen LogP contribution >= 0.6 is 11.8 Å². The third kappa shape index (κ3) is 4.26. The lowest BCUT2D eigenvalue weighted by molar-refractivity contribution is 0.216. The van der Waals surface area contributed by atoms with Crippen molar-refractivity contribution in [2.75, 3.05) is 19.6 Å². The highest BCUT2D eigenvalue weighted by atomic mass is 32.2. The van der Waals surface area contributed by atoms with Gasteiger partial charge in [0.05, 0.1) is 0 Å².